The van der Waals surface area contributed by atoms with Gasteiger partial charge < -0.3 is 9.64 Å². The van der Waals surface area contributed by atoms with Gasteiger partial charge in [-0.3, -0.25) is 4.79 Å². The van der Waals surface area contributed by atoms with Gasteiger partial charge >= 0.3 is 0 Å². The van der Waals surface area contributed by atoms with E-state index in [1.165, 1.54) is 0 Å². The molecule has 1 aromatic carbocycles. The number of para-hydroxylation sites is 1. The molecular weight excluding hydrogens is 374 g/mol. The molecular formula is C18H26BrNO2S. The zero-order valence-electron chi connectivity index (χ0n) is 14.0. The zero-order valence-corrected chi connectivity index (χ0v) is 16.4. The van der Waals surface area contributed by atoms with Crippen LogP contribution in [0.25, 0.3) is 0 Å². The molecule has 0 saturated carbocycles. The van der Waals surface area contributed by atoms with Crippen molar-refractivity contribution in [3.05, 3.63) is 29.8 Å². The van der Waals surface area contributed by atoms with Gasteiger partial charge in [0.05, 0.1) is 6.61 Å². The van der Waals surface area contributed by atoms with E-state index in [2.05, 4.69) is 28.9 Å². The van der Waals surface area contributed by atoms with Crippen molar-refractivity contribution >= 4 is 33.6 Å². The topological polar surface area (TPSA) is 29.5 Å². The minimum Gasteiger partial charge on any atom is -0.493 e. The van der Waals surface area contributed by atoms with E-state index >= 15 is 0 Å². The molecule has 0 bridgehead atoms. The van der Waals surface area contributed by atoms with Gasteiger partial charge in [-0.2, -0.15) is 0 Å². The smallest absolute Gasteiger partial charge is 0.243 e. The summed E-state index contributed by atoms with van der Waals surface area (Å²) < 4.78 is 5.55. The van der Waals surface area contributed by atoms with Crippen LogP contribution in [0, 0.1) is 0 Å². The Morgan fingerprint density at radius 2 is 2.13 bits per heavy atom. The lowest BCUT2D eigenvalue weighted by Gasteiger charge is -2.40. The first kappa shape index (κ1) is 18.7. The lowest BCUT2D eigenvalue weighted by molar-refractivity contribution is -0.133. The van der Waals surface area contributed by atoms with E-state index in [1.807, 2.05) is 30.1 Å². The Hall–Kier alpha value is -0.680. The van der Waals surface area contributed by atoms with Crippen molar-refractivity contribution in [2.24, 2.45) is 0 Å². The third-order valence-electron chi connectivity index (χ3n) is 4.18. The Morgan fingerprint density at radius 1 is 1.35 bits per heavy atom. The number of rotatable bonds is 8. The molecule has 0 spiro atoms. The summed E-state index contributed by atoms with van der Waals surface area (Å²) in [4.78, 5) is 14.9. The standard InChI is InChI=1S/C18H26BrNO2S/c1-3-10-18(17(21)20(2)12-14-23-18)15-8-4-5-9-16(15)22-13-7-6-11-19/h4-5,8-9H,3,6-7,10-14H2,1-2H3. The highest BCUT2D eigenvalue weighted by Gasteiger charge is 2.46. The minimum atomic E-state index is -0.492. The van der Waals surface area contributed by atoms with E-state index in [4.69, 9.17) is 4.74 Å². The summed E-state index contributed by atoms with van der Waals surface area (Å²) in [6, 6.07) is 8.08. The number of benzene rings is 1. The van der Waals surface area contributed by atoms with Crippen molar-refractivity contribution in [2.75, 3.05) is 31.3 Å². The van der Waals surface area contributed by atoms with Crippen LogP contribution in [0.5, 0.6) is 5.75 Å². The van der Waals surface area contributed by atoms with Gasteiger partial charge in [0.25, 0.3) is 0 Å². The molecule has 1 heterocycles. The maximum absolute atomic E-state index is 13.0. The second-order valence-corrected chi connectivity index (χ2v) is 8.08. The minimum absolute atomic E-state index is 0.215. The van der Waals surface area contributed by atoms with Gasteiger partial charge in [-0.15, -0.1) is 11.8 Å². The Morgan fingerprint density at radius 3 is 2.87 bits per heavy atom. The van der Waals surface area contributed by atoms with E-state index in [0.29, 0.717) is 6.61 Å². The molecule has 23 heavy (non-hydrogen) atoms. The van der Waals surface area contributed by atoms with Crippen molar-refractivity contribution in [3.63, 3.8) is 0 Å². The maximum Gasteiger partial charge on any atom is 0.243 e. The van der Waals surface area contributed by atoms with Crippen LogP contribution < -0.4 is 4.74 Å². The van der Waals surface area contributed by atoms with Crippen LogP contribution in [0.4, 0.5) is 0 Å². The molecule has 1 fully saturated rings. The number of ether oxygens (including phenoxy) is 1. The number of halogens is 1. The van der Waals surface area contributed by atoms with E-state index in [-0.39, 0.29) is 5.91 Å². The van der Waals surface area contributed by atoms with Crippen molar-refractivity contribution < 1.29 is 9.53 Å². The fourth-order valence-corrected chi connectivity index (χ4v) is 5.05. The second kappa shape index (κ2) is 8.97. The van der Waals surface area contributed by atoms with Crippen molar-refractivity contribution in [1.29, 1.82) is 0 Å². The number of thioether (sulfide) groups is 1. The number of nitrogens with zero attached hydrogens (tertiary/aromatic N) is 1. The lowest BCUT2D eigenvalue weighted by atomic mass is 9.90. The van der Waals surface area contributed by atoms with Crippen LogP contribution >= 0.6 is 27.7 Å². The van der Waals surface area contributed by atoms with Crippen LogP contribution in [0.2, 0.25) is 0 Å². The largest absolute Gasteiger partial charge is 0.493 e. The number of unbranched alkanes of at least 4 members (excludes halogenated alkanes) is 1. The Labute approximate surface area is 152 Å². The summed E-state index contributed by atoms with van der Waals surface area (Å²) in [5, 5.41) is 0.997. The number of alkyl halides is 1. The monoisotopic (exact) mass is 399 g/mol. The van der Waals surface area contributed by atoms with E-state index in [9.17, 15) is 4.79 Å². The molecule has 2 rings (SSSR count). The average Bonchev–Trinajstić information content (AvgIpc) is 2.56. The van der Waals surface area contributed by atoms with Crippen LogP contribution in [0.1, 0.15) is 38.2 Å². The molecule has 0 radical (unpaired) electrons. The predicted octanol–water partition coefficient (Wildman–Crippen LogP) is 4.44. The zero-order chi connectivity index (χ0) is 16.7. The lowest BCUT2D eigenvalue weighted by Crippen LogP contribution is -2.48. The molecule has 1 aliphatic heterocycles. The number of hydrogen-bond acceptors (Lipinski definition) is 3. The third kappa shape index (κ3) is 4.24. The van der Waals surface area contributed by atoms with Gasteiger partial charge in [0.1, 0.15) is 10.5 Å². The predicted molar refractivity (Wildman–Crippen MR) is 102 cm³/mol. The molecule has 1 amide bonds. The first-order valence-electron chi connectivity index (χ1n) is 8.33. The summed E-state index contributed by atoms with van der Waals surface area (Å²) in [5.41, 5.74) is 1.04. The molecule has 0 N–H and O–H groups in total. The van der Waals surface area contributed by atoms with Crippen LogP contribution in [0.3, 0.4) is 0 Å². The number of likely N-dealkylation sites (N-methyl/N-ethyl adjacent to an activating group) is 1. The van der Waals surface area contributed by atoms with Crippen LogP contribution in [-0.4, -0.2) is 42.1 Å². The number of carbonyl (C=O) groups is 1. The molecule has 1 aromatic rings. The second-order valence-electron chi connectivity index (χ2n) is 5.89. The summed E-state index contributed by atoms with van der Waals surface area (Å²) in [6.07, 6.45) is 3.94. The first-order valence-corrected chi connectivity index (χ1v) is 10.4. The fourth-order valence-electron chi connectivity index (χ4n) is 2.99. The Balaban J connectivity index is 2.30. The number of amides is 1. The van der Waals surface area contributed by atoms with E-state index in [1.54, 1.807) is 11.8 Å². The summed E-state index contributed by atoms with van der Waals surface area (Å²) in [5.74, 6) is 2.05. The maximum atomic E-state index is 13.0. The molecule has 0 aliphatic carbocycles. The van der Waals surface area contributed by atoms with Gasteiger partial charge in [-0.1, -0.05) is 47.5 Å². The highest BCUT2D eigenvalue weighted by Crippen LogP contribution is 2.47. The molecule has 3 nitrogen and oxygen atoms in total. The molecule has 1 aliphatic rings. The fraction of sp³-hybridized carbons (Fsp3) is 0.611. The number of carbonyl (C=O) groups excluding carboxylic acids is 1. The highest BCUT2D eigenvalue weighted by atomic mass is 79.9. The third-order valence-corrected chi connectivity index (χ3v) is 6.22. The van der Waals surface area contributed by atoms with E-state index in [0.717, 1.165) is 54.6 Å². The molecule has 1 atom stereocenters. The van der Waals surface area contributed by atoms with Crippen LogP contribution in [-0.2, 0) is 9.54 Å². The van der Waals surface area contributed by atoms with Gasteiger partial charge in [0.2, 0.25) is 5.91 Å². The Bertz CT molecular complexity index is 521. The quantitative estimate of drug-likeness (QED) is 0.477. The molecule has 1 saturated heterocycles. The van der Waals surface area contributed by atoms with Gasteiger partial charge in [0.15, 0.2) is 0 Å². The Kier molecular flexibility index (Phi) is 7.28. The van der Waals surface area contributed by atoms with Gasteiger partial charge in [0, 0.05) is 30.2 Å². The summed E-state index contributed by atoms with van der Waals surface area (Å²) >= 11 is 5.23. The molecule has 1 unspecified atom stereocenters. The average molecular weight is 400 g/mol. The van der Waals surface area contributed by atoms with Crippen molar-refractivity contribution in [2.45, 2.75) is 37.4 Å². The van der Waals surface area contributed by atoms with E-state index < -0.39 is 4.75 Å². The van der Waals surface area contributed by atoms with Crippen molar-refractivity contribution in [3.8, 4) is 5.75 Å². The number of hydrogen-bond donors (Lipinski definition) is 0. The highest BCUT2D eigenvalue weighted by molar-refractivity contribution is 9.09. The normalized spacial score (nSPS) is 21.5. The van der Waals surface area contributed by atoms with Crippen LogP contribution in [0.15, 0.2) is 24.3 Å². The summed E-state index contributed by atoms with van der Waals surface area (Å²) in [6.45, 7) is 3.66. The summed E-state index contributed by atoms with van der Waals surface area (Å²) in [7, 11) is 1.91. The van der Waals surface area contributed by atoms with Gasteiger partial charge in [-0.05, 0) is 25.3 Å². The molecule has 0 aromatic heterocycles. The van der Waals surface area contributed by atoms with Gasteiger partial charge in [-0.25, -0.2) is 0 Å². The SMILES string of the molecule is CCCC1(c2ccccc2OCCCCBr)SCCN(C)C1=O. The molecule has 5 heteroatoms. The molecule has 128 valence electrons. The van der Waals surface area contributed by atoms with Crippen molar-refractivity contribution in [1.82, 2.24) is 4.90 Å². The first-order chi connectivity index (χ1) is 11.2.